The van der Waals surface area contributed by atoms with E-state index < -0.39 is 8.07 Å². The van der Waals surface area contributed by atoms with Gasteiger partial charge in [0.05, 0.1) is 0 Å². The van der Waals surface area contributed by atoms with Crippen molar-refractivity contribution in [2.24, 2.45) is 0 Å². The van der Waals surface area contributed by atoms with E-state index in [0.29, 0.717) is 16.6 Å². The number of rotatable bonds is 7. The molecule has 0 spiro atoms. The Bertz CT molecular complexity index is 1020. The molecule has 194 valence electrons. The molecule has 0 amide bonds. The second-order valence-corrected chi connectivity index (χ2v) is 14.7. The number of carbonyl (C=O) groups excluding carboxylic acids is 1. The first kappa shape index (κ1) is 37.3. The van der Waals surface area contributed by atoms with Gasteiger partial charge in [0.1, 0.15) is 31.5 Å². The van der Waals surface area contributed by atoms with Gasteiger partial charge in [-0.05, 0) is 35.5 Å². The fraction of sp³-hybridized carbons (Fsp3) is 0.345. The van der Waals surface area contributed by atoms with Crippen molar-refractivity contribution in [1.82, 2.24) is 0 Å². The number of furan rings is 1. The van der Waals surface area contributed by atoms with E-state index in [9.17, 15) is 4.79 Å². The molecule has 1 aromatic carbocycles. The molecule has 8 heteroatoms. The van der Waals surface area contributed by atoms with Crippen LogP contribution in [-0.4, -0.2) is 21.1 Å². The Morgan fingerprint density at radius 1 is 0.865 bits per heavy atom. The molecule has 1 aliphatic rings. The van der Waals surface area contributed by atoms with E-state index >= 15 is 0 Å². The summed E-state index contributed by atoms with van der Waals surface area (Å²) in [6, 6.07) is 8.00. The van der Waals surface area contributed by atoms with E-state index in [1.54, 1.807) is 7.11 Å². The van der Waals surface area contributed by atoms with Crippen molar-refractivity contribution in [3.05, 3.63) is 93.2 Å². The Morgan fingerprint density at radius 3 is 1.73 bits per heavy atom. The molecule has 2 aromatic rings. The molecule has 1 saturated carbocycles. The molecule has 0 atom stereocenters. The molecular weight excluding hydrogens is 524 g/mol. The van der Waals surface area contributed by atoms with Crippen LogP contribution in [-0.2, 0) is 40.8 Å². The summed E-state index contributed by atoms with van der Waals surface area (Å²) >= 11 is 0. The summed E-state index contributed by atoms with van der Waals surface area (Å²) < 4.78 is 34.2. The van der Waals surface area contributed by atoms with Gasteiger partial charge in [-0.2, -0.15) is 0 Å². The molecule has 3 rings (SSSR count). The van der Waals surface area contributed by atoms with Crippen molar-refractivity contribution in [1.29, 1.82) is 0 Å². The van der Waals surface area contributed by atoms with Gasteiger partial charge in [0.15, 0.2) is 0 Å². The molecule has 37 heavy (non-hydrogen) atoms. The Kier molecular flexibility index (Phi) is 18.5. The predicted molar refractivity (Wildman–Crippen MR) is 138 cm³/mol. The van der Waals surface area contributed by atoms with Crippen LogP contribution in [0.25, 0.3) is 16.2 Å². The number of hydrogen-bond donors (Lipinski definition) is 0. The Hall–Kier alpha value is -1.86. The molecule has 0 aliphatic heterocycles. The molecule has 0 unspecified atom stereocenters. The van der Waals surface area contributed by atoms with Crippen molar-refractivity contribution in [3.8, 4) is 0 Å². The summed E-state index contributed by atoms with van der Waals surface area (Å²) in [4.78, 5) is 12.7. The molecule has 1 aliphatic carbocycles. The fourth-order valence-corrected chi connectivity index (χ4v) is 12.1. The smallest absolute Gasteiger partial charge is 0 e. The van der Waals surface area contributed by atoms with Gasteiger partial charge >= 0.3 is 33.9 Å². The zero-order chi connectivity index (χ0) is 28.1. The van der Waals surface area contributed by atoms with E-state index in [4.69, 9.17) is 23.1 Å². The third kappa shape index (κ3) is 7.82. The monoisotopic (exact) mass is 556 g/mol. The first-order valence-corrected chi connectivity index (χ1v) is 13.5. The van der Waals surface area contributed by atoms with Gasteiger partial charge in [-0.15, -0.1) is 0 Å². The van der Waals surface area contributed by atoms with E-state index in [1.165, 1.54) is 0 Å². The van der Waals surface area contributed by atoms with Crippen molar-refractivity contribution < 1.29 is 45.3 Å². The summed E-state index contributed by atoms with van der Waals surface area (Å²) in [6.07, 6.45) is 8.62. The van der Waals surface area contributed by atoms with Crippen molar-refractivity contribution in [3.63, 3.8) is 0 Å². The summed E-state index contributed by atoms with van der Waals surface area (Å²) in [5.74, 6) is 4.14. The van der Waals surface area contributed by atoms with Crippen LogP contribution in [0.1, 0.15) is 52.9 Å². The zero-order valence-electron chi connectivity index (χ0n) is 22.2. The second kappa shape index (κ2) is 18.4. The largest absolute Gasteiger partial charge is 0 e. The fourth-order valence-electron chi connectivity index (χ4n) is 5.46. The Morgan fingerprint density at radius 2 is 1.32 bits per heavy atom. The van der Waals surface area contributed by atoms with E-state index in [0.717, 1.165) is 39.5 Å². The number of ether oxygens (including phenoxy) is 1. The normalized spacial score (nSPS) is 13.7. The van der Waals surface area contributed by atoms with Gasteiger partial charge in [0.25, 0.3) is 0 Å². The van der Waals surface area contributed by atoms with Gasteiger partial charge in [-0.25, -0.2) is 4.79 Å². The minimum atomic E-state index is -2.25. The number of para-hydroxylation sites is 1. The summed E-state index contributed by atoms with van der Waals surface area (Å²) in [5, 5.41) is 1.83. The van der Waals surface area contributed by atoms with Crippen molar-refractivity contribution in [2.45, 2.75) is 58.2 Å². The van der Waals surface area contributed by atoms with E-state index in [-0.39, 0.29) is 17.4 Å². The van der Waals surface area contributed by atoms with Crippen LogP contribution < -0.4 is 0 Å². The standard InChI is InChI=1S/C26H32O3Si.3CO.Cr/c1-17(2)30(18(3)4,19(5)6)24(16-27)25-22-10-8-9-11-23(22)29-26(25)20-12-14-21(28-7)15-13-20;3*1-2;/h8-15,17-19H,1-7H3;;;;. The first-order chi connectivity index (χ1) is 17.3. The van der Waals surface area contributed by atoms with Crippen LogP contribution in [0.5, 0.6) is 0 Å². The maximum atomic E-state index is 12.7. The number of methoxy groups -OCH3 is 1. The Labute approximate surface area is 233 Å². The van der Waals surface area contributed by atoms with Gasteiger partial charge in [-0.1, -0.05) is 59.7 Å². The molecule has 6 radical (unpaired) electrons. The molecule has 6 nitrogen and oxygen atoms in total. The number of fused-ring (bicyclic) bond motifs is 1. The summed E-state index contributed by atoms with van der Waals surface area (Å²) in [6.45, 7) is 27.1. The zero-order valence-corrected chi connectivity index (χ0v) is 24.5. The quantitative estimate of drug-likeness (QED) is 0.165. The Balaban J connectivity index is 0. The van der Waals surface area contributed by atoms with Crippen LogP contribution in [0.3, 0.4) is 0 Å². The van der Waals surface area contributed by atoms with Crippen molar-refractivity contribution in [2.75, 3.05) is 7.11 Å². The van der Waals surface area contributed by atoms with Gasteiger partial charge in [0.2, 0.25) is 0 Å². The predicted octanol–water partition coefficient (Wildman–Crippen LogP) is 6.68. The van der Waals surface area contributed by atoms with Gasteiger partial charge in [-0.3, -0.25) is 0 Å². The topological polar surface area (TPSA) is 99.1 Å². The third-order valence-electron chi connectivity index (χ3n) is 6.60. The number of hydrogen-bond acceptors (Lipinski definition) is 3. The van der Waals surface area contributed by atoms with Gasteiger partial charge in [0, 0.05) is 59.4 Å². The molecule has 0 saturated heterocycles. The summed E-state index contributed by atoms with van der Waals surface area (Å²) in [7, 11) is -0.597. The SMILES string of the molecule is CO[C]1[CH][CH][C](c2oc3ccccc3c2C(=C=O)[Si](C(C)C)(C(C)C)C(C)C)[CH][CH]1.[C-]#[O+].[C-]#[O+].[C-]#[O+].[Cr]. The van der Waals surface area contributed by atoms with Crippen LogP contribution in [0.4, 0.5) is 0 Å². The molecular formula is C29H32CrO6Si. The average molecular weight is 557 g/mol. The van der Waals surface area contributed by atoms with Gasteiger partial charge < -0.3 is 9.15 Å². The van der Waals surface area contributed by atoms with Crippen LogP contribution in [0.15, 0.2) is 28.7 Å². The minimum Gasteiger partial charge on any atom is 0 e. The minimum absolute atomic E-state index is 0. The van der Waals surface area contributed by atoms with Crippen LogP contribution in [0, 0.1) is 57.7 Å². The van der Waals surface area contributed by atoms with Crippen LogP contribution >= 0.6 is 0 Å². The molecule has 0 bridgehead atoms. The van der Waals surface area contributed by atoms with Crippen molar-refractivity contribution >= 4 is 30.2 Å². The van der Waals surface area contributed by atoms with E-state index in [1.807, 2.05) is 43.9 Å². The van der Waals surface area contributed by atoms with E-state index in [2.05, 4.69) is 73.5 Å². The maximum Gasteiger partial charge on any atom is 0 e. The maximum absolute atomic E-state index is 12.7. The van der Waals surface area contributed by atoms with Crippen LogP contribution in [0.2, 0.25) is 16.6 Å². The average Bonchev–Trinajstić information content (AvgIpc) is 3.29. The molecule has 0 N–H and O–H groups in total. The molecule has 1 aromatic heterocycles. The first-order valence-electron chi connectivity index (χ1n) is 11.3. The summed E-state index contributed by atoms with van der Waals surface area (Å²) in [5.41, 5.74) is 2.91. The molecule has 1 fully saturated rings. The second-order valence-electron chi connectivity index (χ2n) is 8.91. The third-order valence-corrected chi connectivity index (χ3v) is 13.5. The molecule has 1 heterocycles. The number of benzene rings is 1.